The number of nitrogens with zero attached hydrogens (tertiary/aromatic N) is 4. The van der Waals surface area contributed by atoms with Gasteiger partial charge in [-0.3, -0.25) is 0 Å². The quantitative estimate of drug-likeness (QED) is 0.853. The van der Waals surface area contributed by atoms with Crippen LogP contribution in [0.15, 0.2) is 18.2 Å². The van der Waals surface area contributed by atoms with Crippen molar-refractivity contribution in [2.75, 3.05) is 12.3 Å². The van der Waals surface area contributed by atoms with Gasteiger partial charge in [0.2, 0.25) is 0 Å². The third-order valence-electron chi connectivity index (χ3n) is 3.94. The summed E-state index contributed by atoms with van der Waals surface area (Å²) in [7, 11) is 0. The number of tetrazole rings is 1. The molecule has 3 rings (SSSR count). The number of anilines is 1. The molecule has 1 aromatic heterocycles. The molecule has 0 spiro atoms. The van der Waals surface area contributed by atoms with Gasteiger partial charge < -0.3 is 10.5 Å². The van der Waals surface area contributed by atoms with Gasteiger partial charge in [-0.2, -0.15) is 0 Å². The molecule has 0 amide bonds. The lowest BCUT2D eigenvalue weighted by molar-refractivity contribution is 0.0514. The summed E-state index contributed by atoms with van der Waals surface area (Å²) in [5, 5.41) is 11.9. The second-order valence-corrected chi connectivity index (χ2v) is 5.59. The van der Waals surface area contributed by atoms with Crippen LogP contribution in [0.4, 0.5) is 5.69 Å². The second kappa shape index (κ2) is 6.22. The van der Waals surface area contributed by atoms with Gasteiger partial charge in [0, 0.05) is 11.3 Å². The van der Waals surface area contributed by atoms with E-state index in [9.17, 15) is 0 Å². The fourth-order valence-corrected chi connectivity index (χ4v) is 2.77. The molecule has 1 aliphatic carbocycles. The fourth-order valence-electron chi connectivity index (χ4n) is 2.77. The summed E-state index contributed by atoms with van der Waals surface area (Å²) in [5.74, 6) is 0.700. The Labute approximate surface area is 124 Å². The van der Waals surface area contributed by atoms with Gasteiger partial charge in [-0.1, -0.05) is 24.5 Å². The number of ether oxygens (including phenoxy) is 1. The SMILES string of the molecule is Cc1ccc(N)c(-c2nnnn2CCOC2CCCC2)c1. The minimum Gasteiger partial charge on any atom is -0.398 e. The lowest BCUT2D eigenvalue weighted by atomic mass is 10.1. The van der Waals surface area contributed by atoms with Crippen molar-refractivity contribution in [3.05, 3.63) is 23.8 Å². The van der Waals surface area contributed by atoms with Crippen LogP contribution < -0.4 is 5.73 Å². The van der Waals surface area contributed by atoms with Crippen LogP contribution in [0, 0.1) is 6.92 Å². The lowest BCUT2D eigenvalue weighted by Gasteiger charge is -2.12. The topological polar surface area (TPSA) is 78.9 Å². The van der Waals surface area contributed by atoms with Crippen molar-refractivity contribution >= 4 is 5.69 Å². The molecule has 1 aliphatic rings. The van der Waals surface area contributed by atoms with E-state index in [2.05, 4.69) is 15.5 Å². The Bertz CT molecular complexity index is 604. The summed E-state index contributed by atoms with van der Waals surface area (Å²) in [5.41, 5.74) is 8.74. The number of hydrogen-bond acceptors (Lipinski definition) is 5. The van der Waals surface area contributed by atoms with Crippen LogP contribution in [0.5, 0.6) is 0 Å². The van der Waals surface area contributed by atoms with Crippen molar-refractivity contribution in [2.24, 2.45) is 0 Å². The Balaban J connectivity index is 1.69. The minimum absolute atomic E-state index is 0.411. The van der Waals surface area contributed by atoms with E-state index in [-0.39, 0.29) is 0 Å². The Morgan fingerprint density at radius 2 is 2.14 bits per heavy atom. The van der Waals surface area contributed by atoms with Crippen molar-refractivity contribution in [2.45, 2.75) is 45.3 Å². The molecule has 1 saturated carbocycles. The first-order valence-electron chi connectivity index (χ1n) is 7.48. The van der Waals surface area contributed by atoms with Gasteiger partial charge >= 0.3 is 0 Å². The standard InChI is InChI=1S/C15H21N5O/c1-11-6-7-14(16)13(10-11)15-17-18-19-20(15)8-9-21-12-4-2-3-5-12/h6-7,10,12H,2-5,8-9,16H2,1H3. The monoisotopic (exact) mass is 287 g/mol. The van der Waals surface area contributed by atoms with E-state index in [0.29, 0.717) is 30.8 Å². The van der Waals surface area contributed by atoms with Gasteiger partial charge in [0.25, 0.3) is 0 Å². The van der Waals surface area contributed by atoms with E-state index in [1.807, 2.05) is 25.1 Å². The first-order valence-corrected chi connectivity index (χ1v) is 7.48. The highest BCUT2D eigenvalue weighted by molar-refractivity contribution is 5.71. The zero-order valence-electron chi connectivity index (χ0n) is 12.3. The predicted octanol–water partition coefficient (Wildman–Crippen LogP) is 2.19. The molecule has 1 aromatic carbocycles. The maximum atomic E-state index is 6.04. The van der Waals surface area contributed by atoms with E-state index < -0.39 is 0 Å². The van der Waals surface area contributed by atoms with Crippen LogP contribution in [0.3, 0.4) is 0 Å². The Morgan fingerprint density at radius 3 is 2.95 bits per heavy atom. The number of nitrogen functional groups attached to an aromatic ring is 1. The van der Waals surface area contributed by atoms with E-state index in [4.69, 9.17) is 10.5 Å². The van der Waals surface area contributed by atoms with Gasteiger partial charge in [0.15, 0.2) is 5.82 Å². The smallest absolute Gasteiger partial charge is 0.184 e. The second-order valence-electron chi connectivity index (χ2n) is 5.59. The fraction of sp³-hybridized carbons (Fsp3) is 0.533. The zero-order chi connectivity index (χ0) is 14.7. The molecule has 6 nitrogen and oxygen atoms in total. The third kappa shape index (κ3) is 3.21. The van der Waals surface area contributed by atoms with Gasteiger partial charge in [0.05, 0.1) is 19.3 Å². The molecule has 0 atom stereocenters. The molecule has 0 radical (unpaired) electrons. The molecule has 1 heterocycles. The van der Waals surface area contributed by atoms with Crippen LogP contribution >= 0.6 is 0 Å². The molecule has 6 heteroatoms. The maximum absolute atomic E-state index is 6.04. The van der Waals surface area contributed by atoms with Crippen molar-refractivity contribution in [3.63, 3.8) is 0 Å². The Morgan fingerprint density at radius 1 is 1.33 bits per heavy atom. The van der Waals surface area contributed by atoms with Crippen LogP contribution in [0.25, 0.3) is 11.4 Å². The number of aryl methyl sites for hydroxylation is 1. The number of benzene rings is 1. The number of aromatic nitrogens is 4. The number of hydrogen-bond donors (Lipinski definition) is 1. The third-order valence-corrected chi connectivity index (χ3v) is 3.94. The van der Waals surface area contributed by atoms with Gasteiger partial charge in [-0.05, 0) is 42.3 Å². The minimum atomic E-state index is 0.411. The predicted molar refractivity (Wildman–Crippen MR) is 80.6 cm³/mol. The van der Waals surface area contributed by atoms with Crippen molar-refractivity contribution in [1.29, 1.82) is 0 Å². The van der Waals surface area contributed by atoms with Gasteiger partial charge in [-0.25, -0.2) is 4.68 Å². The molecule has 2 N–H and O–H groups in total. The highest BCUT2D eigenvalue weighted by Gasteiger charge is 2.16. The summed E-state index contributed by atoms with van der Waals surface area (Å²) in [6, 6.07) is 5.88. The lowest BCUT2D eigenvalue weighted by Crippen LogP contribution is -2.15. The Hall–Kier alpha value is -1.95. The van der Waals surface area contributed by atoms with Gasteiger partial charge in [-0.15, -0.1) is 5.10 Å². The molecule has 112 valence electrons. The van der Waals surface area contributed by atoms with Crippen LogP contribution in [0.1, 0.15) is 31.2 Å². The number of nitrogens with two attached hydrogens (primary N) is 1. The molecular weight excluding hydrogens is 266 g/mol. The molecule has 21 heavy (non-hydrogen) atoms. The summed E-state index contributed by atoms with van der Waals surface area (Å²) >= 11 is 0. The normalized spacial score (nSPS) is 15.7. The summed E-state index contributed by atoms with van der Waals surface area (Å²) in [4.78, 5) is 0. The van der Waals surface area contributed by atoms with Gasteiger partial charge in [0.1, 0.15) is 0 Å². The molecule has 0 saturated heterocycles. The largest absolute Gasteiger partial charge is 0.398 e. The van der Waals surface area contributed by atoms with E-state index in [1.165, 1.54) is 25.7 Å². The molecule has 2 aromatic rings. The molecular formula is C15H21N5O. The van der Waals surface area contributed by atoms with E-state index in [1.54, 1.807) is 4.68 Å². The van der Waals surface area contributed by atoms with Crippen molar-refractivity contribution in [3.8, 4) is 11.4 Å². The molecule has 0 bridgehead atoms. The first kappa shape index (κ1) is 14.0. The first-order chi connectivity index (χ1) is 10.2. The van der Waals surface area contributed by atoms with E-state index >= 15 is 0 Å². The maximum Gasteiger partial charge on any atom is 0.184 e. The molecule has 0 aliphatic heterocycles. The number of rotatable bonds is 5. The summed E-state index contributed by atoms with van der Waals surface area (Å²) < 4.78 is 7.64. The summed E-state index contributed by atoms with van der Waals surface area (Å²) in [6.45, 7) is 3.31. The average Bonchev–Trinajstić information content (AvgIpc) is 3.13. The van der Waals surface area contributed by atoms with Crippen molar-refractivity contribution < 1.29 is 4.74 Å². The Kier molecular flexibility index (Phi) is 4.15. The van der Waals surface area contributed by atoms with Crippen molar-refractivity contribution in [1.82, 2.24) is 20.2 Å². The molecule has 0 unspecified atom stereocenters. The van der Waals surface area contributed by atoms with Crippen LogP contribution in [0.2, 0.25) is 0 Å². The highest BCUT2D eigenvalue weighted by Crippen LogP contribution is 2.25. The zero-order valence-corrected chi connectivity index (χ0v) is 12.3. The van der Waals surface area contributed by atoms with Crippen LogP contribution in [-0.4, -0.2) is 32.9 Å². The molecule has 1 fully saturated rings. The van der Waals surface area contributed by atoms with E-state index in [0.717, 1.165) is 11.1 Å². The highest BCUT2D eigenvalue weighted by atomic mass is 16.5. The van der Waals surface area contributed by atoms with Crippen LogP contribution in [-0.2, 0) is 11.3 Å². The summed E-state index contributed by atoms with van der Waals surface area (Å²) in [6.07, 6.45) is 5.32. The average molecular weight is 287 g/mol.